The first-order valence-electron chi connectivity index (χ1n) is 4.46. The van der Waals surface area contributed by atoms with Gasteiger partial charge in [0.05, 0.1) is 12.2 Å². The van der Waals surface area contributed by atoms with E-state index in [1.807, 2.05) is 13.0 Å². The van der Waals surface area contributed by atoms with E-state index in [4.69, 9.17) is 0 Å². The molecule has 0 radical (unpaired) electrons. The van der Waals surface area contributed by atoms with Crippen molar-refractivity contribution >= 4 is 15.9 Å². The van der Waals surface area contributed by atoms with E-state index in [1.54, 1.807) is 16.9 Å². The number of aromatic nitrogens is 3. The van der Waals surface area contributed by atoms with E-state index in [0.717, 1.165) is 10.2 Å². The molecule has 0 saturated heterocycles. The largest absolute Gasteiger partial charge is 0.248 e. The Labute approximate surface area is 95.0 Å². The summed E-state index contributed by atoms with van der Waals surface area (Å²) in [4.78, 5) is 0. The Kier molecular flexibility index (Phi) is 2.81. The van der Waals surface area contributed by atoms with Gasteiger partial charge in [-0.3, -0.25) is 0 Å². The van der Waals surface area contributed by atoms with Gasteiger partial charge >= 0.3 is 0 Å². The Morgan fingerprint density at radius 3 is 2.87 bits per heavy atom. The first-order chi connectivity index (χ1) is 7.15. The van der Waals surface area contributed by atoms with Crippen LogP contribution in [0.3, 0.4) is 0 Å². The number of nitrogens with zero attached hydrogens (tertiary/aromatic N) is 3. The average Bonchev–Trinajstić information content (AvgIpc) is 2.56. The van der Waals surface area contributed by atoms with Gasteiger partial charge in [0.15, 0.2) is 0 Å². The fraction of sp³-hybridized carbons (Fsp3) is 0.200. The van der Waals surface area contributed by atoms with Crippen LogP contribution in [-0.2, 0) is 6.54 Å². The van der Waals surface area contributed by atoms with Crippen LogP contribution in [0, 0.1) is 12.7 Å². The van der Waals surface area contributed by atoms with Gasteiger partial charge in [-0.2, -0.15) is 0 Å². The highest BCUT2D eigenvalue weighted by atomic mass is 79.9. The lowest BCUT2D eigenvalue weighted by Gasteiger charge is -2.02. The molecule has 0 N–H and O–H groups in total. The van der Waals surface area contributed by atoms with E-state index >= 15 is 0 Å². The molecule has 78 valence electrons. The number of rotatable bonds is 2. The SMILES string of the molecule is Cc1cn(Cc2ccc(Br)cc2F)nn1. The van der Waals surface area contributed by atoms with Gasteiger partial charge in [0.2, 0.25) is 0 Å². The fourth-order valence-electron chi connectivity index (χ4n) is 1.30. The van der Waals surface area contributed by atoms with Crippen LogP contribution in [0.4, 0.5) is 4.39 Å². The van der Waals surface area contributed by atoms with Crippen LogP contribution in [0.5, 0.6) is 0 Å². The van der Waals surface area contributed by atoms with Gasteiger partial charge in [-0.25, -0.2) is 9.07 Å². The van der Waals surface area contributed by atoms with Crippen molar-refractivity contribution in [1.82, 2.24) is 15.0 Å². The minimum Gasteiger partial charge on any atom is -0.248 e. The molecule has 0 spiro atoms. The zero-order valence-electron chi connectivity index (χ0n) is 8.11. The highest BCUT2D eigenvalue weighted by molar-refractivity contribution is 9.10. The molecule has 1 heterocycles. The zero-order valence-corrected chi connectivity index (χ0v) is 9.70. The minimum absolute atomic E-state index is 0.238. The normalized spacial score (nSPS) is 10.6. The second-order valence-electron chi connectivity index (χ2n) is 3.29. The molecular formula is C10H9BrFN3. The van der Waals surface area contributed by atoms with E-state index in [9.17, 15) is 4.39 Å². The number of hydrogen-bond donors (Lipinski definition) is 0. The Balaban J connectivity index is 2.24. The Morgan fingerprint density at radius 2 is 2.27 bits per heavy atom. The summed E-state index contributed by atoms with van der Waals surface area (Å²) in [7, 11) is 0. The van der Waals surface area contributed by atoms with Crippen LogP contribution >= 0.6 is 15.9 Å². The van der Waals surface area contributed by atoms with Gasteiger partial charge in [0.1, 0.15) is 5.82 Å². The van der Waals surface area contributed by atoms with Crippen molar-refractivity contribution in [2.45, 2.75) is 13.5 Å². The van der Waals surface area contributed by atoms with E-state index in [0.29, 0.717) is 12.1 Å². The van der Waals surface area contributed by atoms with Gasteiger partial charge in [-0.05, 0) is 19.1 Å². The first-order valence-corrected chi connectivity index (χ1v) is 5.25. The quantitative estimate of drug-likeness (QED) is 0.839. The number of benzene rings is 1. The number of aryl methyl sites for hydroxylation is 1. The summed E-state index contributed by atoms with van der Waals surface area (Å²) in [6, 6.07) is 4.98. The van der Waals surface area contributed by atoms with Crippen LogP contribution in [-0.4, -0.2) is 15.0 Å². The molecule has 3 nitrogen and oxygen atoms in total. The molecule has 0 aliphatic carbocycles. The molecule has 1 aromatic heterocycles. The van der Waals surface area contributed by atoms with Crippen LogP contribution in [0.25, 0.3) is 0 Å². The highest BCUT2D eigenvalue weighted by Crippen LogP contribution is 2.15. The Morgan fingerprint density at radius 1 is 1.47 bits per heavy atom. The summed E-state index contributed by atoms with van der Waals surface area (Å²) in [6.07, 6.45) is 1.78. The third kappa shape index (κ3) is 2.41. The van der Waals surface area contributed by atoms with Crippen LogP contribution < -0.4 is 0 Å². The molecule has 5 heteroatoms. The van der Waals surface area contributed by atoms with Gasteiger partial charge in [-0.1, -0.05) is 27.2 Å². The number of hydrogen-bond acceptors (Lipinski definition) is 2. The summed E-state index contributed by atoms with van der Waals surface area (Å²) >= 11 is 3.21. The van der Waals surface area contributed by atoms with Crippen molar-refractivity contribution in [2.75, 3.05) is 0 Å². The second kappa shape index (κ2) is 4.10. The maximum atomic E-state index is 13.5. The predicted molar refractivity (Wildman–Crippen MR) is 58.0 cm³/mol. The molecule has 0 unspecified atom stereocenters. The molecule has 0 aliphatic rings. The maximum Gasteiger partial charge on any atom is 0.129 e. The summed E-state index contributed by atoms with van der Waals surface area (Å²) in [5.74, 6) is -0.238. The summed E-state index contributed by atoms with van der Waals surface area (Å²) in [5.41, 5.74) is 1.43. The van der Waals surface area contributed by atoms with E-state index in [1.165, 1.54) is 6.07 Å². The molecule has 1 aromatic carbocycles. The third-order valence-electron chi connectivity index (χ3n) is 2.00. The average molecular weight is 270 g/mol. The van der Waals surface area contributed by atoms with Crippen LogP contribution in [0.2, 0.25) is 0 Å². The molecule has 0 amide bonds. The monoisotopic (exact) mass is 269 g/mol. The molecule has 0 saturated carbocycles. The summed E-state index contributed by atoms with van der Waals surface area (Å²) in [5, 5.41) is 7.70. The first kappa shape index (κ1) is 10.3. The highest BCUT2D eigenvalue weighted by Gasteiger charge is 2.04. The van der Waals surface area contributed by atoms with Crippen molar-refractivity contribution in [1.29, 1.82) is 0 Å². The van der Waals surface area contributed by atoms with Crippen molar-refractivity contribution < 1.29 is 4.39 Å². The third-order valence-corrected chi connectivity index (χ3v) is 2.49. The Hall–Kier alpha value is -1.23. The summed E-state index contributed by atoms with van der Waals surface area (Å²) < 4.78 is 15.8. The van der Waals surface area contributed by atoms with Gasteiger partial charge in [0, 0.05) is 16.2 Å². The Bertz CT molecular complexity index is 481. The number of halogens is 2. The lowest BCUT2D eigenvalue weighted by Crippen LogP contribution is -2.02. The van der Waals surface area contributed by atoms with Gasteiger partial charge in [-0.15, -0.1) is 5.10 Å². The molecule has 2 rings (SSSR count). The molecule has 2 aromatic rings. The second-order valence-corrected chi connectivity index (χ2v) is 4.21. The van der Waals surface area contributed by atoms with E-state index < -0.39 is 0 Å². The predicted octanol–water partition coefficient (Wildman–Crippen LogP) is 2.54. The topological polar surface area (TPSA) is 30.7 Å². The van der Waals surface area contributed by atoms with Gasteiger partial charge in [0.25, 0.3) is 0 Å². The van der Waals surface area contributed by atoms with Crippen molar-refractivity contribution in [3.63, 3.8) is 0 Å². The lowest BCUT2D eigenvalue weighted by molar-refractivity contribution is 0.576. The smallest absolute Gasteiger partial charge is 0.129 e. The minimum atomic E-state index is -0.238. The molecular weight excluding hydrogens is 261 g/mol. The summed E-state index contributed by atoms with van der Waals surface area (Å²) in [6.45, 7) is 2.25. The lowest BCUT2D eigenvalue weighted by atomic mass is 10.2. The van der Waals surface area contributed by atoms with Crippen LogP contribution in [0.15, 0.2) is 28.9 Å². The van der Waals surface area contributed by atoms with Crippen molar-refractivity contribution in [3.8, 4) is 0 Å². The van der Waals surface area contributed by atoms with Crippen LogP contribution in [0.1, 0.15) is 11.3 Å². The van der Waals surface area contributed by atoms with E-state index in [2.05, 4.69) is 26.2 Å². The molecule has 0 fully saturated rings. The molecule has 15 heavy (non-hydrogen) atoms. The van der Waals surface area contributed by atoms with Crippen molar-refractivity contribution in [2.24, 2.45) is 0 Å². The van der Waals surface area contributed by atoms with E-state index in [-0.39, 0.29) is 5.82 Å². The standard InChI is InChI=1S/C10H9BrFN3/c1-7-5-15(14-13-7)6-8-2-3-9(11)4-10(8)12/h2-5H,6H2,1H3. The molecule has 0 atom stereocenters. The molecule has 0 aliphatic heterocycles. The fourth-order valence-corrected chi connectivity index (χ4v) is 1.63. The maximum absolute atomic E-state index is 13.5. The van der Waals surface area contributed by atoms with Crippen molar-refractivity contribution in [3.05, 3.63) is 45.9 Å². The zero-order chi connectivity index (χ0) is 10.8. The molecule has 0 bridgehead atoms. The van der Waals surface area contributed by atoms with Gasteiger partial charge < -0.3 is 0 Å².